The fraction of sp³-hybridized carbons (Fsp3) is 0.500. The summed E-state index contributed by atoms with van der Waals surface area (Å²) in [5.41, 5.74) is 0.998. The maximum Gasteiger partial charge on any atom is 0.227 e. The van der Waals surface area contributed by atoms with Crippen LogP contribution in [0.25, 0.3) is 0 Å². The van der Waals surface area contributed by atoms with Crippen molar-refractivity contribution < 1.29 is 15.0 Å². The van der Waals surface area contributed by atoms with Crippen LogP contribution >= 0.6 is 0 Å². The van der Waals surface area contributed by atoms with Gasteiger partial charge in [0.1, 0.15) is 0 Å². The maximum absolute atomic E-state index is 12.2. The highest BCUT2D eigenvalue weighted by Crippen LogP contribution is 2.22. The Morgan fingerprint density at radius 2 is 2.06 bits per heavy atom. The van der Waals surface area contributed by atoms with Crippen molar-refractivity contribution in [1.29, 1.82) is 0 Å². The van der Waals surface area contributed by atoms with E-state index in [0.29, 0.717) is 6.42 Å². The van der Waals surface area contributed by atoms with E-state index in [0.717, 1.165) is 24.9 Å². The van der Waals surface area contributed by atoms with Gasteiger partial charge in [0, 0.05) is 19.0 Å². The normalized spacial score (nSPS) is 19.5. The number of aliphatic hydroxyl groups excluding tert-OH is 1. The van der Waals surface area contributed by atoms with Crippen molar-refractivity contribution in [3.05, 3.63) is 35.9 Å². The van der Waals surface area contributed by atoms with E-state index in [1.807, 2.05) is 30.3 Å². The molecule has 18 heavy (non-hydrogen) atoms. The molecule has 98 valence electrons. The second-order valence-electron chi connectivity index (χ2n) is 4.76. The van der Waals surface area contributed by atoms with Gasteiger partial charge >= 0.3 is 0 Å². The average molecular weight is 249 g/mol. The van der Waals surface area contributed by atoms with Gasteiger partial charge in [-0.3, -0.25) is 4.79 Å². The molecule has 1 aliphatic heterocycles. The van der Waals surface area contributed by atoms with E-state index in [4.69, 9.17) is 10.2 Å². The van der Waals surface area contributed by atoms with Crippen LogP contribution in [0.1, 0.15) is 24.8 Å². The number of rotatable bonds is 4. The van der Waals surface area contributed by atoms with Crippen LogP contribution in [-0.2, 0) is 11.2 Å². The third-order valence-corrected chi connectivity index (χ3v) is 3.38. The lowest BCUT2D eigenvalue weighted by molar-refractivity contribution is -0.133. The summed E-state index contributed by atoms with van der Waals surface area (Å²) in [6.07, 6.45) is 1.11. The number of aliphatic hydroxyl groups is 2. The molecule has 1 aliphatic rings. The van der Waals surface area contributed by atoms with Crippen molar-refractivity contribution in [1.82, 2.24) is 4.90 Å². The first-order valence-electron chi connectivity index (χ1n) is 6.36. The van der Waals surface area contributed by atoms with E-state index in [1.165, 1.54) is 0 Å². The first kappa shape index (κ1) is 13.1. The molecule has 1 aromatic carbocycles. The first-order valence-corrected chi connectivity index (χ1v) is 6.36. The minimum Gasteiger partial charge on any atom is -0.368 e. The van der Waals surface area contributed by atoms with Crippen molar-refractivity contribution >= 4 is 5.91 Å². The molecule has 4 nitrogen and oxygen atoms in total. The van der Waals surface area contributed by atoms with Gasteiger partial charge in [-0.25, -0.2) is 0 Å². The van der Waals surface area contributed by atoms with Gasteiger partial charge in [-0.05, 0) is 18.4 Å². The highest BCUT2D eigenvalue weighted by molar-refractivity contribution is 5.79. The van der Waals surface area contributed by atoms with E-state index in [2.05, 4.69) is 0 Å². The number of amides is 1. The minimum absolute atomic E-state index is 0.0267. The van der Waals surface area contributed by atoms with Crippen molar-refractivity contribution in [3.63, 3.8) is 0 Å². The van der Waals surface area contributed by atoms with Gasteiger partial charge in [0.25, 0.3) is 0 Å². The number of carbonyl (C=O) groups is 1. The summed E-state index contributed by atoms with van der Waals surface area (Å²) < 4.78 is 0. The zero-order chi connectivity index (χ0) is 13.0. The molecule has 4 heteroatoms. The van der Waals surface area contributed by atoms with Crippen molar-refractivity contribution in [2.45, 2.75) is 38.0 Å². The molecular weight excluding hydrogens is 230 g/mol. The topological polar surface area (TPSA) is 60.8 Å². The predicted molar refractivity (Wildman–Crippen MR) is 67.7 cm³/mol. The molecule has 1 fully saturated rings. The molecule has 0 radical (unpaired) electrons. The number of nitrogens with zero attached hydrogens (tertiary/aromatic N) is 1. The maximum atomic E-state index is 12.2. The second-order valence-corrected chi connectivity index (χ2v) is 4.76. The van der Waals surface area contributed by atoms with Crippen LogP contribution in [0.3, 0.4) is 0 Å². The van der Waals surface area contributed by atoms with E-state index in [-0.39, 0.29) is 18.4 Å². The lowest BCUT2D eigenvalue weighted by Crippen LogP contribution is -2.38. The van der Waals surface area contributed by atoms with Crippen LogP contribution in [0.4, 0.5) is 0 Å². The molecule has 0 aliphatic carbocycles. The van der Waals surface area contributed by atoms with Crippen LogP contribution in [0, 0.1) is 0 Å². The average Bonchev–Trinajstić information content (AvgIpc) is 2.77. The molecule has 2 N–H and O–H groups in total. The van der Waals surface area contributed by atoms with Crippen LogP contribution in [0.5, 0.6) is 0 Å². The molecule has 1 saturated heterocycles. The number of hydrogen-bond acceptors (Lipinski definition) is 3. The van der Waals surface area contributed by atoms with Crippen LogP contribution < -0.4 is 0 Å². The summed E-state index contributed by atoms with van der Waals surface area (Å²) in [5.74, 6) is 0.0735. The van der Waals surface area contributed by atoms with Gasteiger partial charge in [-0.2, -0.15) is 0 Å². The summed E-state index contributed by atoms with van der Waals surface area (Å²) in [6, 6.07) is 9.60. The van der Waals surface area contributed by atoms with Crippen molar-refractivity contribution in [3.8, 4) is 0 Å². The van der Waals surface area contributed by atoms with Gasteiger partial charge in [0.2, 0.25) is 5.91 Å². The van der Waals surface area contributed by atoms with Crippen LogP contribution in [-0.4, -0.2) is 39.9 Å². The Balaban J connectivity index is 1.96. The highest BCUT2D eigenvalue weighted by atomic mass is 16.5. The lowest BCUT2D eigenvalue weighted by atomic mass is 10.1. The van der Waals surface area contributed by atoms with E-state index >= 15 is 0 Å². The molecule has 1 atom stereocenters. The van der Waals surface area contributed by atoms with Gasteiger partial charge in [0.15, 0.2) is 6.29 Å². The van der Waals surface area contributed by atoms with E-state index in [9.17, 15) is 4.79 Å². The summed E-state index contributed by atoms with van der Waals surface area (Å²) in [4.78, 5) is 14.0. The van der Waals surface area contributed by atoms with E-state index < -0.39 is 6.29 Å². The van der Waals surface area contributed by atoms with Crippen LogP contribution in [0.15, 0.2) is 30.3 Å². The van der Waals surface area contributed by atoms with Crippen LogP contribution in [0.2, 0.25) is 0 Å². The van der Waals surface area contributed by atoms with Crippen molar-refractivity contribution in [2.24, 2.45) is 0 Å². The Bertz CT molecular complexity index is 391. The molecule has 0 unspecified atom stereocenters. The molecule has 1 amide bonds. The number of benzene rings is 1. The fourth-order valence-corrected chi connectivity index (χ4v) is 2.52. The smallest absolute Gasteiger partial charge is 0.227 e. The van der Waals surface area contributed by atoms with E-state index in [1.54, 1.807) is 4.90 Å². The molecule has 0 saturated carbocycles. The molecule has 0 bridgehead atoms. The predicted octanol–water partition coefficient (Wildman–Crippen LogP) is 0.921. The summed E-state index contributed by atoms with van der Waals surface area (Å²) in [7, 11) is 0. The molecule has 2 rings (SSSR count). The Morgan fingerprint density at radius 3 is 2.72 bits per heavy atom. The highest BCUT2D eigenvalue weighted by Gasteiger charge is 2.29. The SMILES string of the molecule is O=C(Cc1ccccc1)N1CCC[C@H]1CC(O)O. The van der Waals surface area contributed by atoms with Gasteiger partial charge in [0.05, 0.1) is 6.42 Å². The zero-order valence-electron chi connectivity index (χ0n) is 10.3. The molecule has 0 aromatic heterocycles. The lowest BCUT2D eigenvalue weighted by Gasteiger charge is -2.25. The largest absolute Gasteiger partial charge is 0.368 e. The molecule has 1 aromatic rings. The van der Waals surface area contributed by atoms with Gasteiger partial charge in [-0.1, -0.05) is 30.3 Å². The summed E-state index contributed by atoms with van der Waals surface area (Å²) in [5, 5.41) is 18.0. The van der Waals surface area contributed by atoms with Gasteiger partial charge < -0.3 is 15.1 Å². The Kier molecular flexibility index (Phi) is 4.33. The molecule has 0 spiro atoms. The second kappa shape index (κ2) is 5.98. The Morgan fingerprint density at radius 1 is 1.33 bits per heavy atom. The molecule has 1 heterocycles. The van der Waals surface area contributed by atoms with Gasteiger partial charge in [-0.15, -0.1) is 0 Å². The summed E-state index contributed by atoms with van der Waals surface area (Å²) >= 11 is 0. The Labute approximate surface area is 107 Å². The number of likely N-dealkylation sites (tertiary alicyclic amines) is 1. The molecular formula is C14H19NO3. The standard InChI is InChI=1S/C14H19NO3/c16-13(9-11-5-2-1-3-6-11)15-8-4-7-12(15)10-14(17)18/h1-3,5-6,12,14,17-18H,4,7-10H2/t12-/m0/s1. The third kappa shape index (κ3) is 3.31. The fourth-order valence-electron chi connectivity index (χ4n) is 2.52. The van der Waals surface area contributed by atoms with Crippen molar-refractivity contribution in [2.75, 3.05) is 6.54 Å². The third-order valence-electron chi connectivity index (χ3n) is 3.38. The quantitative estimate of drug-likeness (QED) is 0.780. The Hall–Kier alpha value is -1.39. The zero-order valence-corrected chi connectivity index (χ0v) is 10.3. The number of hydrogen-bond donors (Lipinski definition) is 2. The first-order chi connectivity index (χ1) is 8.66. The minimum atomic E-state index is -1.33. The summed E-state index contributed by atoms with van der Waals surface area (Å²) in [6.45, 7) is 0.725. The number of carbonyl (C=O) groups excluding carboxylic acids is 1. The monoisotopic (exact) mass is 249 g/mol.